The SMILES string of the molecule is COc1ccccc1C(=O)c1c(C)sc2c1CCC2C(=O)O. The molecule has 0 amide bonds. The van der Waals surface area contributed by atoms with Crippen molar-refractivity contribution in [1.29, 1.82) is 0 Å². The van der Waals surface area contributed by atoms with Crippen LogP contribution in [0.3, 0.4) is 0 Å². The van der Waals surface area contributed by atoms with Gasteiger partial charge in [-0.1, -0.05) is 12.1 Å². The lowest BCUT2D eigenvalue weighted by Gasteiger charge is -2.08. The van der Waals surface area contributed by atoms with Gasteiger partial charge in [0.2, 0.25) is 0 Å². The number of para-hydroxylation sites is 1. The highest BCUT2D eigenvalue weighted by Gasteiger charge is 2.35. The lowest BCUT2D eigenvalue weighted by Crippen LogP contribution is -2.06. The Morgan fingerprint density at radius 3 is 2.73 bits per heavy atom. The average Bonchev–Trinajstić information content (AvgIpc) is 3.04. The first-order valence-corrected chi connectivity index (χ1v) is 7.89. The Kier molecular flexibility index (Phi) is 3.74. The second-order valence-electron chi connectivity index (χ2n) is 5.33. The van der Waals surface area contributed by atoms with Crippen molar-refractivity contribution in [3.05, 3.63) is 50.7 Å². The Hall–Kier alpha value is -2.14. The molecule has 1 atom stereocenters. The Balaban J connectivity index is 2.09. The smallest absolute Gasteiger partial charge is 0.311 e. The van der Waals surface area contributed by atoms with Crippen LogP contribution in [0.1, 0.15) is 43.6 Å². The molecule has 0 fully saturated rings. The minimum absolute atomic E-state index is 0.0847. The molecule has 0 saturated carbocycles. The maximum Gasteiger partial charge on any atom is 0.311 e. The predicted molar refractivity (Wildman–Crippen MR) is 84.2 cm³/mol. The maximum atomic E-state index is 12.9. The summed E-state index contributed by atoms with van der Waals surface area (Å²) in [7, 11) is 1.54. The van der Waals surface area contributed by atoms with Gasteiger partial charge in [-0.2, -0.15) is 0 Å². The number of carbonyl (C=O) groups excluding carboxylic acids is 1. The third kappa shape index (κ3) is 2.22. The molecule has 1 heterocycles. The number of fused-ring (bicyclic) bond motifs is 1. The summed E-state index contributed by atoms with van der Waals surface area (Å²) in [6.45, 7) is 1.88. The van der Waals surface area contributed by atoms with Gasteiger partial charge in [0.25, 0.3) is 0 Å². The number of aliphatic carboxylic acids is 1. The van der Waals surface area contributed by atoms with Crippen LogP contribution in [0, 0.1) is 6.92 Å². The number of carboxylic acid groups (broad SMARTS) is 1. The van der Waals surface area contributed by atoms with E-state index in [-0.39, 0.29) is 5.78 Å². The summed E-state index contributed by atoms with van der Waals surface area (Å²) in [6, 6.07) is 7.13. The molecule has 114 valence electrons. The van der Waals surface area contributed by atoms with Gasteiger partial charge in [0, 0.05) is 15.3 Å². The lowest BCUT2D eigenvalue weighted by atomic mass is 9.98. The van der Waals surface area contributed by atoms with Gasteiger partial charge in [0.05, 0.1) is 18.6 Å². The van der Waals surface area contributed by atoms with Crippen molar-refractivity contribution < 1.29 is 19.4 Å². The first kappa shape index (κ1) is 14.8. The number of hydrogen-bond donors (Lipinski definition) is 1. The third-order valence-corrected chi connectivity index (χ3v) is 5.35. The topological polar surface area (TPSA) is 63.6 Å². The van der Waals surface area contributed by atoms with Crippen molar-refractivity contribution in [3.8, 4) is 5.75 Å². The van der Waals surface area contributed by atoms with Gasteiger partial charge in [-0.25, -0.2) is 0 Å². The molecule has 1 unspecified atom stereocenters. The Morgan fingerprint density at radius 2 is 2.05 bits per heavy atom. The van der Waals surface area contributed by atoms with Gasteiger partial charge in [-0.05, 0) is 37.5 Å². The lowest BCUT2D eigenvalue weighted by molar-refractivity contribution is -0.138. The predicted octanol–water partition coefficient (Wildman–Crippen LogP) is 3.41. The molecule has 3 rings (SSSR count). The van der Waals surface area contributed by atoms with Crippen molar-refractivity contribution in [1.82, 2.24) is 0 Å². The molecule has 2 aromatic rings. The minimum Gasteiger partial charge on any atom is -0.496 e. The number of ketones is 1. The second-order valence-corrected chi connectivity index (χ2v) is 6.59. The van der Waals surface area contributed by atoms with Crippen molar-refractivity contribution in [2.45, 2.75) is 25.7 Å². The van der Waals surface area contributed by atoms with Crippen LogP contribution in [0.2, 0.25) is 0 Å². The molecule has 1 N–H and O–H groups in total. The molecule has 5 heteroatoms. The molecular formula is C17H16O4S. The van der Waals surface area contributed by atoms with Gasteiger partial charge < -0.3 is 9.84 Å². The van der Waals surface area contributed by atoms with Crippen LogP contribution in [0.4, 0.5) is 0 Å². The summed E-state index contributed by atoms with van der Waals surface area (Å²) in [5.41, 5.74) is 2.09. The van der Waals surface area contributed by atoms with Crippen LogP contribution < -0.4 is 4.74 Å². The third-order valence-electron chi connectivity index (χ3n) is 4.09. The summed E-state index contributed by atoms with van der Waals surface area (Å²) < 4.78 is 5.27. The molecule has 0 bridgehead atoms. The van der Waals surface area contributed by atoms with E-state index in [1.807, 2.05) is 13.0 Å². The van der Waals surface area contributed by atoms with Gasteiger partial charge in [-0.15, -0.1) is 11.3 Å². The number of rotatable bonds is 4. The molecule has 0 spiro atoms. The Bertz CT molecular complexity index is 760. The number of aryl methyl sites for hydroxylation is 1. The normalized spacial score (nSPS) is 16.4. The summed E-state index contributed by atoms with van der Waals surface area (Å²) in [6.07, 6.45) is 1.22. The van der Waals surface area contributed by atoms with Crippen LogP contribution in [0.25, 0.3) is 0 Å². The van der Waals surface area contributed by atoms with E-state index in [0.29, 0.717) is 29.7 Å². The molecule has 1 aromatic carbocycles. The van der Waals surface area contributed by atoms with E-state index in [9.17, 15) is 14.7 Å². The van der Waals surface area contributed by atoms with Gasteiger partial charge in [0.1, 0.15) is 5.75 Å². The monoisotopic (exact) mass is 316 g/mol. The quantitative estimate of drug-likeness (QED) is 0.878. The van der Waals surface area contributed by atoms with E-state index in [2.05, 4.69) is 0 Å². The van der Waals surface area contributed by atoms with E-state index in [4.69, 9.17) is 4.74 Å². The van der Waals surface area contributed by atoms with Crippen molar-refractivity contribution >= 4 is 23.1 Å². The van der Waals surface area contributed by atoms with Crippen molar-refractivity contribution in [2.24, 2.45) is 0 Å². The van der Waals surface area contributed by atoms with Crippen LogP contribution in [-0.4, -0.2) is 24.0 Å². The molecule has 1 aliphatic carbocycles. The zero-order chi connectivity index (χ0) is 15.9. The number of carbonyl (C=O) groups is 2. The van der Waals surface area contributed by atoms with Crippen molar-refractivity contribution in [3.63, 3.8) is 0 Å². The van der Waals surface area contributed by atoms with Gasteiger partial charge in [0.15, 0.2) is 5.78 Å². The molecule has 4 nitrogen and oxygen atoms in total. The Labute approximate surface area is 132 Å². The first-order chi connectivity index (χ1) is 10.5. The van der Waals surface area contributed by atoms with E-state index < -0.39 is 11.9 Å². The number of benzene rings is 1. The summed E-state index contributed by atoms with van der Waals surface area (Å²) in [4.78, 5) is 26.0. The zero-order valence-corrected chi connectivity index (χ0v) is 13.2. The van der Waals surface area contributed by atoms with Gasteiger partial charge >= 0.3 is 5.97 Å². The standard InChI is InChI=1S/C17H16O4S/c1-9-14(11-7-8-12(17(19)20)16(11)22-9)15(18)10-5-3-4-6-13(10)21-2/h3-6,12H,7-8H2,1-2H3,(H,19,20). The maximum absolute atomic E-state index is 12.9. The molecule has 0 radical (unpaired) electrons. The fourth-order valence-corrected chi connectivity index (χ4v) is 4.40. The molecule has 0 saturated heterocycles. The molecule has 1 aromatic heterocycles. The van der Waals surface area contributed by atoms with Crippen LogP contribution in [0.5, 0.6) is 5.75 Å². The molecule has 22 heavy (non-hydrogen) atoms. The number of hydrogen-bond acceptors (Lipinski definition) is 4. The minimum atomic E-state index is -0.809. The fraction of sp³-hybridized carbons (Fsp3) is 0.294. The highest BCUT2D eigenvalue weighted by Crippen LogP contribution is 2.43. The molecular weight excluding hydrogens is 300 g/mol. The van der Waals surface area contributed by atoms with E-state index in [1.54, 1.807) is 18.2 Å². The first-order valence-electron chi connectivity index (χ1n) is 7.07. The van der Waals surface area contributed by atoms with Crippen molar-refractivity contribution in [2.75, 3.05) is 7.11 Å². The summed E-state index contributed by atoms with van der Waals surface area (Å²) in [5, 5.41) is 9.30. The van der Waals surface area contributed by atoms with Crippen LogP contribution >= 0.6 is 11.3 Å². The van der Waals surface area contributed by atoms with Crippen LogP contribution in [0.15, 0.2) is 24.3 Å². The highest BCUT2D eigenvalue weighted by atomic mass is 32.1. The van der Waals surface area contributed by atoms with E-state index in [1.165, 1.54) is 18.4 Å². The zero-order valence-electron chi connectivity index (χ0n) is 12.4. The molecule has 0 aliphatic heterocycles. The Morgan fingerprint density at radius 1 is 1.32 bits per heavy atom. The van der Waals surface area contributed by atoms with E-state index >= 15 is 0 Å². The fourth-order valence-electron chi connectivity index (χ4n) is 3.06. The highest BCUT2D eigenvalue weighted by molar-refractivity contribution is 7.12. The second kappa shape index (κ2) is 5.57. The van der Waals surface area contributed by atoms with Gasteiger partial charge in [-0.3, -0.25) is 9.59 Å². The number of ether oxygens (including phenoxy) is 1. The molecule has 1 aliphatic rings. The average molecular weight is 316 g/mol. The van der Waals surface area contributed by atoms with Crippen LogP contribution in [-0.2, 0) is 11.2 Å². The number of thiophene rings is 1. The summed E-state index contributed by atoms with van der Waals surface area (Å²) >= 11 is 1.43. The largest absolute Gasteiger partial charge is 0.496 e. The number of methoxy groups -OCH3 is 1. The number of carboxylic acids is 1. The summed E-state index contributed by atoms with van der Waals surface area (Å²) in [5.74, 6) is -0.827. The van der Waals surface area contributed by atoms with E-state index in [0.717, 1.165) is 15.3 Å².